The van der Waals surface area contributed by atoms with E-state index in [4.69, 9.17) is 27.5 Å². The molecule has 9 heteroatoms. The Kier molecular flexibility index (Phi) is 13.5. The minimum atomic E-state index is -2.70. The molecule has 1 N–H and O–H groups in total. The van der Waals surface area contributed by atoms with E-state index in [-0.39, 0.29) is 6.10 Å². The van der Waals surface area contributed by atoms with Crippen molar-refractivity contribution in [2.75, 3.05) is 40.1 Å². The van der Waals surface area contributed by atoms with Crippen LogP contribution in [0.3, 0.4) is 0 Å². The molecule has 0 saturated heterocycles. The number of hydrogen-bond donors (Lipinski definition) is 1. The second-order valence-electron chi connectivity index (χ2n) is 8.13. The van der Waals surface area contributed by atoms with Crippen molar-refractivity contribution in [1.82, 2.24) is 5.32 Å². The zero-order valence-corrected chi connectivity index (χ0v) is 23.2. The van der Waals surface area contributed by atoms with Crippen molar-refractivity contribution in [3.63, 3.8) is 0 Å². The predicted molar refractivity (Wildman–Crippen MR) is 143 cm³/mol. The van der Waals surface area contributed by atoms with Crippen LogP contribution in [-0.4, -0.2) is 61.1 Å². The van der Waals surface area contributed by atoms with Gasteiger partial charge in [-0.15, -0.1) is 0 Å². The van der Waals surface area contributed by atoms with E-state index in [0.717, 1.165) is 23.3 Å². The Morgan fingerprint density at radius 3 is 1.89 bits per heavy atom. The van der Waals surface area contributed by atoms with Gasteiger partial charge in [-0.2, -0.15) is 0 Å². The summed E-state index contributed by atoms with van der Waals surface area (Å²) in [5, 5.41) is 2.78. The number of carbonyl (C=O) groups is 1. The quantitative estimate of drug-likeness (QED) is 0.212. The fourth-order valence-corrected chi connectivity index (χ4v) is 6.17. The number of carbonyl (C=O) groups excluding carboxylic acids is 1. The van der Waals surface area contributed by atoms with E-state index in [1.165, 1.54) is 0 Å². The lowest BCUT2D eigenvalue weighted by atomic mass is 10.1. The zero-order valence-electron chi connectivity index (χ0n) is 22.2. The van der Waals surface area contributed by atoms with Crippen molar-refractivity contribution in [2.24, 2.45) is 0 Å². The van der Waals surface area contributed by atoms with Crippen LogP contribution in [0.1, 0.15) is 40.5 Å². The lowest BCUT2D eigenvalue weighted by Crippen LogP contribution is -2.46. The smallest absolute Gasteiger partial charge is 0.493 e. The third-order valence-electron chi connectivity index (χ3n) is 5.47. The fraction of sp³-hybridized carbons (Fsp3) is 0.519. The van der Waals surface area contributed by atoms with Crippen molar-refractivity contribution in [1.29, 1.82) is 0 Å². The molecular weight excluding hydrogens is 478 g/mol. The number of methoxy groups -OCH3 is 1. The predicted octanol–water partition coefficient (Wildman–Crippen LogP) is 5.68. The number of amides is 1. The summed E-state index contributed by atoms with van der Waals surface area (Å²) in [6, 6.07) is 16.0. The van der Waals surface area contributed by atoms with E-state index in [1.54, 1.807) is 19.2 Å². The van der Waals surface area contributed by atoms with Gasteiger partial charge in [-0.3, -0.25) is 0 Å². The van der Waals surface area contributed by atoms with Crippen LogP contribution < -0.4 is 14.8 Å². The molecule has 0 saturated carbocycles. The van der Waals surface area contributed by atoms with Crippen molar-refractivity contribution < 1.29 is 32.3 Å². The monoisotopic (exact) mass is 519 g/mol. The molecule has 2 aromatic carbocycles. The zero-order chi connectivity index (χ0) is 26.2. The van der Waals surface area contributed by atoms with Crippen LogP contribution in [-0.2, 0) is 18.0 Å². The van der Waals surface area contributed by atoms with Crippen molar-refractivity contribution >= 4 is 14.9 Å². The van der Waals surface area contributed by atoms with Crippen LogP contribution in [0.5, 0.6) is 11.5 Å². The number of nitrogens with one attached hydrogen (secondary N) is 1. The van der Waals surface area contributed by atoms with Gasteiger partial charge in [0, 0.05) is 45.9 Å². The van der Waals surface area contributed by atoms with Gasteiger partial charge in [-0.25, -0.2) is 4.79 Å². The molecule has 0 aromatic heterocycles. The maximum Gasteiger partial charge on any atom is 0.500 e. The Morgan fingerprint density at radius 2 is 1.39 bits per heavy atom. The van der Waals surface area contributed by atoms with Crippen LogP contribution in [0, 0.1) is 0 Å². The molecule has 0 aliphatic carbocycles. The van der Waals surface area contributed by atoms with Gasteiger partial charge in [-0.1, -0.05) is 24.3 Å². The van der Waals surface area contributed by atoms with Crippen LogP contribution in [0.4, 0.5) is 4.79 Å². The van der Waals surface area contributed by atoms with Gasteiger partial charge >= 0.3 is 14.9 Å². The highest BCUT2D eigenvalue weighted by Gasteiger charge is 2.39. The lowest BCUT2D eigenvalue weighted by molar-refractivity contribution is 0.0707. The summed E-state index contributed by atoms with van der Waals surface area (Å²) in [7, 11) is -1.00. The molecule has 0 spiro atoms. The van der Waals surface area contributed by atoms with Crippen molar-refractivity contribution in [3.05, 3.63) is 48.5 Å². The number of rotatable bonds is 17. The highest BCUT2D eigenvalue weighted by Crippen LogP contribution is 2.25. The van der Waals surface area contributed by atoms with Gasteiger partial charge in [0.25, 0.3) is 0 Å². The first-order chi connectivity index (χ1) is 17.4. The Labute approximate surface area is 216 Å². The molecular formula is C27H41NO7Si. The van der Waals surface area contributed by atoms with Gasteiger partial charge in [0.1, 0.15) is 11.5 Å². The molecule has 0 aliphatic rings. The first-order valence-electron chi connectivity index (χ1n) is 12.7. The Morgan fingerprint density at radius 1 is 0.861 bits per heavy atom. The third kappa shape index (κ3) is 10.3. The normalized spacial score (nSPS) is 12.2. The highest BCUT2D eigenvalue weighted by molar-refractivity contribution is 6.60. The molecule has 36 heavy (non-hydrogen) atoms. The summed E-state index contributed by atoms with van der Waals surface area (Å²) < 4.78 is 33.9. The second-order valence-corrected chi connectivity index (χ2v) is 10.9. The molecule has 0 aliphatic heterocycles. The average molecular weight is 520 g/mol. The van der Waals surface area contributed by atoms with E-state index >= 15 is 0 Å². The molecule has 1 amide bonds. The Bertz CT molecular complexity index is 860. The van der Waals surface area contributed by atoms with E-state index in [0.29, 0.717) is 51.2 Å². The van der Waals surface area contributed by atoms with Crippen LogP contribution in [0.25, 0.3) is 11.1 Å². The highest BCUT2D eigenvalue weighted by atomic mass is 28.4. The summed E-state index contributed by atoms with van der Waals surface area (Å²) in [6.07, 6.45) is 1.19. The topological polar surface area (TPSA) is 84.5 Å². The van der Waals surface area contributed by atoms with E-state index < -0.39 is 14.9 Å². The number of ether oxygens (including phenoxy) is 3. The minimum Gasteiger partial charge on any atom is -0.493 e. The maximum absolute atomic E-state index is 12.2. The molecule has 0 fully saturated rings. The maximum atomic E-state index is 12.2. The fourth-order valence-electron chi connectivity index (χ4n) is 3.56. The molecule has 1 unspecified atom stereocenters. The minimum absolute atomic E-state index is 0.175. The summed E-state index contributed by atoms with van der Waals surface area (Å²) in [5.74, 6) is 1.30. The summed E-state index contributed by atoms with van der Waals surface area (Å²) >= 11 is 0. The van der Waals surface area contributed by atoms with Gasteiger partial charge in [0.15, 0.2) is 0 Å². The number of hydrogen-bond acceptors (Lipinski definition) is 7. The third-order valence-corrected chi connectivity index (χ3v) is 8.62. The summed E-state index contributed by atoms with van der Waals surface area (Å²) in [4.78, 5) is 12.2. The molecule has 1 atom stereocenters. The van der Waals surface area contributed by atoms with E-state index in [1.807, 2.05) is 64.1 Å². The van der Waals surface area contributed by atoms with E-state index in [9.17, 15) is 4.79 Å². The number of benzene rings is 2. The molecule has 0 heterocycles. The molecule has 2 aromatic rings. The molecule has 200 valence electrons. The molecule has 2 rings (SSSR count). The Hall–Kier alpha value is -2.43. The molecule has 0 radical (unpaired) electrons. The van der Waals surface area contributed by atoms with Crippen LogP contribution in [0.15, 0.2) is 48.5 Å². The van der Waals surface area contributed by atoms with Crippen molar-refractivity contribution in [3.8, 4) is 22.6 Å². The average Bonchev–Trinajstić information content (AvgIpc) is 2.88. The first kappa shape index (κ1) is 29.8. The molecule has 8 nitrogen and oxygen atoms in total. The largest absolute Gasteiger partial charge is 0.500 e. The van der Waals surface area contributed by atoms with Crippen molar-refractivity contribution in [2.45, 2.75) is 52.7 Å². The molecule has 0 bridgehead atoms. The standard InChI is InChI=1S/C27H41NO7Si/c1-6-32-36(33-7-2,34-8-3)21-9-19-28-27(29)35-26-16-12-24(13-17-26)23-10-14-25(15-11-23)31-20-18-22(4)30-5/h10-17,22H,6-9,18-21H2,1-5H3,(H,28,29). The Balaban J connectivity index is 1.79. The first-order valence-corrected chi connectivity index (χ1v) is 14.6. The van der Waals surface area contributed by atoms with Crippen LogP contribution in [0.2, 0.25) is 6.04 Å². The second kappa shape index (κ2) is 16.3. The van der Waals surface area contributed by atoms with Gasteiger partial charge < -0.3 is 32.8 Å². The van der Waals surface area contributed by atoms with Gasteiger partial charge in [0.05, 0.1) is 12.7 Å². The summed E-state index contributed by atoms with van der Waals surface area (Å²) in [6.45, 7) is 10.4. The summed E-state index contributed by atoms with van der Waals surface area (Å²) in [5.41, 5.74) is 2.07. The lowest BCUT2D eigenvalue weighted by Gasteiger charge is -2.28. The SMILES string of the molecule is CCO[Si](CCCNC(=O)Oc1ccc(-c2ccc(OCCC(C)OC)cc2)cc1)(OCC)OCC. The van der Waals surface area contributed by atoms with Gasteiger partial charge in [-0.05, 0) is 69.5 Å². The van der Waals surface area contributed by atoms with E-state index in [2.05, 4.69) is 5.32 Å². The van der Waals surface area contributed by atoms with Gasteiger partial charge in [0.2, 0.25) is 0 Å². The van der Waals surface area contributed by atoms with Crippen LogP contribution >= 0.6 is 0 Å².